The van der Waals surface area contributed by atoms with Gasteiger partial charge in [0.2, 0.25) is 5.91 Å². The zero-order valence-corrected chi connectivity index (χ0v) is 13.6. The molecule has 0 spiro atoms. The second-order valence-electron chi connectivity index (χ2n) is 7.10. The van der Waals surface area contributed by atoms with Gasteiger partial charge in [0.05, 0.1) is 0 Å². The third-order valence-electron chi connectivity index (χ3n) is 5.63. The van der Waals surface area contributed by atoms with Gasteiger partial charge in [-0.25, -0.2) is 0 Å². The van der Waals surface area contributed by atoms with Gasteiger partial charge in [-0.3, -0.25) is 4.79 Å². The van der Waals surface area contributed by atoms with Gasteiger partial charge in [-0.2, -0.15) is 0 Å². The van der Waals surface area contributed by atoms with Crippen LogP contribution in [0.2, 0.25) is 0 Å². The average Bonchev–Trinajstić information content (AvgIpc) is 2.53. The molecule has 0 heterocycles. The first-order valence-corrected chi connectivity index (χ1v) is 8.99. The number of unbranched alkanes of at least 4 members (excludes halogenated alkanes) is 1. The highest BCUT2D eigenvalue weighted by Crippen LogP contribution is 2.33. The molecule has 2 aliphatic carbocycles. The van der Waals surface area contributed by atoms with Gasteiger partial charge in [-0.1, -0.05) is 45.4 Å². The number of amides is 1. The summed E-state index contributed by atoms with van der Waals surface area (Å²) in [5.41, 5.74) is 0. The molecule has 2 heteroatoms. The minimum absolute atomic E-state index is 0.333. The highest BCUT2D eigenvalue weighted by Gasteiger charge is 2.31. The van der Waals surface area contributed by atoms with Crippen LogP contribution >= 0.6 is 0 Å². The second kappa shape index (κ2) is 8.05. The van der Waals surface area contributed by atoms with E-state index >= 15 is 0 Å². The van der Waals surface area contributed by atoms with E-state index in [0.717, 1.165) is 18.8 Å². The van der Waals surface area contributed by atoms with Crippen molar-refractivity contribution in [2.45, 2.75) is 90.0 Å². The number of carbonyl (C=O) groups excluding carboxylic acids is 1. The molecule has 0 radical (unpaired) electrons. The fourth-order valence-electron chi connectivity index (χ4n) is 4.13. The zero-order chi connectivity index (χ0) is 14.4. The number of hydrogen-bond donors (Lipinski definition) is 0. The molecule has 0 aromatic carbocycles. The summed E-state index contributed by atoms with van der Waals surface area (Å²) in [6.07, 6.45) is 15.4. The van der Waals surface area contributed by atoms with E-state index in [4.69, 9.17) is 0 Å². The van der Waals surface area contributed by atoms with E-state index in [-0.39, 0.29) is 0 Å². The van der Waals surface area contributed by atoms with Crippen LogP contribution in [0.15, 0.2) is 0 Å². The summed E-state index contributed by atoms with van der Waals surface area (Å²) in [7, 11) is 2.06. The summed E-state index contributed by atoms with van der Waals surface area (Å²) < 4.78 is 0. The molecule has 2 rings (SSSR count). The smallest absolute Gasteiger partial charge is 0.225 e. The molecule has 0 aliphatic heterocycles. The summed E-state index contributed by atoms with van der Waals surface area (Å²) in [5, 5.41) is 0. The first-order valence-electron chi connectivity index (χ1n) is 8.99. The molecule has 2 fully saturated rings. The summed E-state index contributed by atoms with van der Waals surface area (Å²) in [6, 6.07) is 0.536. The molecule has 1 amide bonds. The molecule has 0 aromatic rings. The van der Waals surface area contributed by atoms with E-state index in [9.17, 15) is 4.79 Å². The number of nitrogens with zero attached hydrogens (tertiary/aromatic N) is 1. The first kappa shape index (κ1) is 15.9. The van der Waals surface area contributed by atoms with Gasteiger partial charge >= 0.3 is 0 Å². The Balaban J connectivity index is 1.75. The average molecular weight is 279 g/mol. The van der Waals surface area contributed by atoms with E-state index in [1.165, 1.54) is 64.2 Å². The van der Waals surface area contributed by atoms with Crippen LogP contribution in [0.5, 0.6) is 0 Å². The predicted octanol–water partition coefficient (Wildman–Crippen LogP) is 4.77. The van der Waals surface area contributed by atoms with Crippen LogP contribution in [-0.2, 0) is 4.79 Å². The SMILES string of the molecule is CCCCC1CCC(C(=O)N(C)C2CCCCC2)CC1. The third kappa shape index (κ3) is 4.23. The van der Waals surface area contributed by atoms with Crippen LogP contribution in [-0.4, -0.2) is 23.9 Å². The molecule has 0 saturated heterocycles. The highest BCUT2D eigenvalue weighted by atomic mass is 16.2. The lowest BCUT2D eigenvalue weighted by molar-refractivity contribution is -0.138. The molecule has 0 atom stereocenters. The Bertz CT molecular complexity index is 288. The fraction of sp³-hybridized carbons (Fsp3) is 0.944. The maximum absolute atomic E-state index is 12.6. The zero-order valence-electron chi connectivity index (χ0n) is 13.6. The third-order valence-corrected chi connectivity index (χ3v) is 5.63. The minimum atomic E-state index is 0.333. The summed E-state index contributed by atoms with van der Waals surface area (Å²) in [4.78, 5) is 14.8. The summed E-state index contributed by atoms with van der Waals surface area (Å²) in [5.74, 6) is 1.68. The number of rotatable bonds is 5. The number of hydrogen-bond acceptors (Lipinski definition) is 1. The van der Waals surface area contributed by atoms with Gasteiger partial charge in [0.15, 0.2) is 0 Å². The fourth-order valence-corrected chi connectivity index (χ4v) is 4.13. The number of carbonyl (C=O) groups is 1. The molecule has 20 heavy (non-hydrogen) atoms. The molecule has 0 aromatic heterocycles. The lowest BCUT2D eigenvalue weighted by atomic mass is 9.79. The van der Waals surface area contributed by atoms with E-state index in [1.807, 2.05) is 0 Å². The standard InChI is InChI=1S/C18H33NO/c1-3-4-8-15-11-13-16(14-12-15)18(20)19(2)17-9-6-5-7-10-17/h15-17H,3-14H2,1-2H3. The molecule has 0 unspecified atom stereocenters. The lowest BCUT2D eigenvalue weighted by Crippen LogP contribution is -2.42. The second-order valence-corrected chi connectivity index (χ2v) is 7.10. The maximum Gasteiger partial charge on any atom is 0.225 e. The van der Waals surface area contributed by atoms with Crippen molar-refractivity contribution in [2.75, 3.05) is 7.05 Å². The molecular formula is C18H33NO. The first-order chi connectivity index (χ1) is 9.72. The molecule has 2 aliphatic rings. The van der Waals surface area contributed by atoms with E-state index in [2.05, 4.69) is 18.9 Å². The van der Waals surface area contributed by atoms with Crippen molar-refractivity contribution in [3.63, 3.8) is 0 Å². The van der Waals surface area contributed by atoms with Gasteiger partial charge in [0.1, 0.15) is 0 Å². The quantitative estimate of drug-likeness (QED) is 0.709. The molecule has 0 N–H and O–H groups in total. The Morgan fingerprint density at radius 3 is 2.25 bits per heavy atom. The van der Waals surface area contributed by atoms with Crippen LogP contribution < -0.4 is 0 Å². The van der Waals surface area contributed by atoms with Crippen molar-refractivity contribution >= 4 is 5.91 Å². The Labute approximate surface area is 125 Å². The van der Waals surface area contributed by atoms with Crippen molar-refractivity contribution in [1.82, 2.24) is 4.90 Å². The largest absolute Gasteiger partial charge is 0.343 e. The molecular weight excluding hydrogens is 246 g/mol. The lowest BCUT2D eigenvalue weighted by Gasteiger charge is -2.36. The molecule has 2 saturated carbocycles. The van der Waals surface area contributed by atoms with Crippen LogP contribution in [0.3, 0.4) is 0 Å². The van der Waals surface area contributed by atoms with Gasteiger partial charge in [-0.05, 0) is 44.4 Å². The van der Waals surface area contributed by atoms with Crippen molar-refractivity contribution < 1.29 is 4.79 Å². The van der Waals surface area contributed by atoms with Crippen LogP contribution in [0.25, 0.3) is 0 Å². The Hall–Kier alpha value is -0.530. The Kier molecular flexibility index (Phi) is 6.38. The Morgan fingerprint density at radius 2 is 1.65 bits per heavy atom. The Morgan fingerprint density at radius 1 is 1.00 bits per heavy atom. The topological polar surface area (TPSA) is 20.3 Å². The maximum atomic E-state index is 12.6. The van der Waals surface area contributed by atoms with Gasteiger partial charge in [-0.15, -0.1) is 0 Å². The van der Waals surface area contributed by atoms with Crippen molar-refractivity contribution in [3.05, 3.63) is 0 Å². The van der Waals surface area contributed by atoms with Gasteiger partial charge in [0.25, 0.3) is 0 Å². The van der Waals surface area contributed by atoms with Crippen LogP contribution in [0.4, 0.5) is 0 Å². The predicted molar refractivity (Wildman–Crippen MR) is 84.6 cm³/mol. The van der Waals surface area contributed by atoms with Crippen molar-refractivity contribution in [2.24, 2.45) is 11.8 Å². The van der Waals surface area contributed by atoms with Crippen molar-refractivity contribution in [1.29, 1.82) is 0 Å². The van der Waals surface area contributed by atoms with E-state index in [1.54, 1.807) is 0 Å². The van der Waals surface area contributed by atoms with E-state index in [0.29, 0.717) is 17.9 Å². The monoisotopic (exact) mass is 279 g/mol. The van der Waals surface area contributed by atoms with Crippen LogP contribution in [0.1, 0.15) is 84.0 Å². The molecule has 2 nitrogen and oxygen atoms in total. The minimum Gasteiger partial charge on any atom is -0.343 e. The molecule has 0 bridgehead atoms. The van der Waals surface area contributed by atoms with E-state index < -0.39 is 0 Å². The van der Waals surface area contributed by atoms with Gasteiger partial charge in [0, 0.05) is 19.0 Å². The van der Waals surface area contributed by atoms with Crippen molar-refractivity contribution in [3.8, 4) is 0 Å². The summed E-state index contributed by atoms with van der Waals surface area (Å²) in [6.45, 7) is 2.27. The molecule has 116 valence electrons. The van der Waals surface area contributed by atoms with Gasteiger partial charge < -0.3 is 4.90 Å². The summed E-state index contributed by atoms with van der Waals surface area (Å²) >= 11 is 0. The normalized spacial score (nSPS) is 28.3. The highest BCUT2D eigenvalue weighted by molar-refractivity contribution is 5.79. The van der Waals surface area contributed by atoms with Crippen LogP contribution in [0, 0.1) is 11.8 Å².